The van der Waals surface area contributed by atoms with E-state index in [1.54, 1.807) is 10.6 Å². The summed E-state index contributed by atoms with van der Waals surface area (Å²) in [6, 6.07) is -0.963. The van der Waals surface area contributed by atoms with Gasteiger partial charge in [0.15, 0.2) is 0 Å². The second-order valence-electron chi connectivity index (χ2n) is 1.57. The van der Waals surface area contributed by atoms with E-state index < -0.39 is 23.6 Å². The molecule has 1 unspecified atom stereocenters. The van der Waals surface area contributed by atoms with Crippen LogP contribution in [0.2, 0.25) is 0 Å². The van der Waals surface area contributed by atoms with Crippen LogP contribution in [0.25, 0.3) is 0 Å². The summed E-state index contributed by atoms with van der Waals surface area (Å²) in [6.07, 6.45) is 0. The third-order valence-electron chi connectivity index (χ3n) is 0.867. The van der Waals surface area contributed by atoms with Gasteiger partial charge in [0.2, 0.25) is 0 Å². The Balaban J connectivity index is 0.000001000. The van der Waals surface area contributed by atoms with Crippen molar-refractivity contribution in [3.05, 3.63) is 0 Å². The van der Waals surface area contributed by atoms with Crippen molar-refractivity contribution in [3.8, 4) is 0 Å². The van der Waals surface area contributed by atoms with E-state index in [2.05, 4.69) is 0 Å². The summed E-state index contributed by atoms with van der Waals surface area (Å²) >= 11 is 0. The molecule has 7 heteroatoms. The summed E-state index contributed by atoms with van der Waals surface area (Å²) in [5.74, 6) is -3.62. The summed E-state index contributed by atoms with van der Waals surface area (Å²) in [5.41, 5.74) is 0. The molecular weight excluding hydrogens is 171 g/mol. The van der Waals surface area contributed by atoms with Crippen molar-refractivity contribution < 1.29 is 19.2 Å². The molecule has 0 aromatic carbocycles. The molecule has 1 aliphatic heterocycles. The fraction of sp³-hybridized carbons (Fsp3) is 0. The molecule has 0 spiro atoms. The van der Waals surface area contributed by atoms with Gasteiger partial charge < -0.3 is 0 Å². The standard InChI is InChI=1S/C4H2N2O4.H3P/c7-1-2(8)5-4(10)6-3(1)9;/h(H2,5,6,8,9,10);1H3. The molecule has 0 aromatic heterocycles. The van der Waals surface area contributed by atoms with E-state index in [1.807, 2.05) is 0 Å². The molecule has 4 amide bonds. The predicted molar refractivity (Wildman–Crippen MR) is 37.8 cm³/mol. The second-order valence-corrected chi connectivity index (χ2v) is 1.57. The molecule has 0 saturated carbocycles. The van der Waals surface area contributed by atoms with Crippen LogP contribution in [0.1, 0.15) is 0 Å². The Morgan fingerprint density at radius 2 is 1.18 bits per heavy atom. The lowest BCUT2D eigenvalue weighted by atomic mass is 10.3. The maximum Gasteiger partial charge on any atom is 0.328 e. The van der Waals surface area contributed by atoms with E-state index in [-0.39, 0.29) is 9.90 Å². The average molecular weight is 176 g/mol. The van der Waals surface area contributed by atoms with Gasteiger partial charge in [0.25, 0.3) is 0 Å². The highest BCUT2D eigenvalue weighted by Crippen LogP contribution is 1.81. The maximum absolute atomic E-state index is 10.3. The van der Waals surface area contributed by atoms with E-state index in [9.17, 15) is 19.2 Å². The third-order valence-corrected chi connectivity index (χ3v) is 0.867. The van der Waals surface area contributed by atoms with Crippen LogP contribution < -0.4 is 10.6 Å². The molecule has 1 saturated heterocycles. The normalized spacial score (nSPS) is 16.7. The van der Waals surface area contributed by atoms with Crippen molar-refractivity contribution in [2.45, 2.75) is 0 Å². The van der Waals surface area contributed by atoms with Crippen molar-refractivity contribution in [2.24, 2.45) is 0 Å². The molecule has 1 fully saturated rings. The van der Waals surface area contributed by atoms with Crippen molar-refractivity contribution in [1.82, 2.24) is 10.6 Å². The van der Waals surface area contributed by atoms with Crippen LogP contribution in [0.4, 0.5) is 4.79 Å². The van der Waals surface area contributed by atoms with Gasteiger partial charge in [-0.2, -0.15) is 9.90 Å². The first-order valence-electron chi connectivity index (χ1n) is 2.32. The van der Waals surface area contributed by atoms with Crippen molar-refractivity contribution in [2.75, 3.05) is 0 Å². The number of amides is 4. The summed E-state index contributed by atoms with van der Waals surface area (Å²) in [7, 11) is 0. The smallest absolute Gasteiger partial charge is 0.277 e. The minimum Gasteiger partial charge on any atom is -0.277 e. The fourth-order valence-electron chi connectivity index (χ4n) is 0.454. The van der Waals surface area contributed by atoms with Gasteiger partial charge in [-0.05, 0) is 0 Å². The molecule has 0 bridgehead atoms. The molecule has 1 rings (SSSR count). The molecule has 1 heterocycles. The van der Waals surface area contributed by atoms with Crippen molar-refractivity contribution >= 4 is 33.5 Å². The number of ketones is 1. The van der Waals surface area contributed by atoms with Crippen LogP contribution in [-0.2, 0) is 14.4 Å². The van der Waals surface area contributed by atoms with E-state index in [0.717, 1.165) is 0 Å². The Kier molecular flexibility index (Phi) is 2.83. The first kappa shape index (κ1) is 9.71. The summed E-state index contributed by atoms with van der Waals surface area (Å²) in [5, 5.41) is 3.20. The number of carbonyl (C=O) groups excluding carboxylic acids is 4. The van der Waals surface area contributed by atoms with Gasteiger partial charge in [0.1, 0.15) is 0 Å². The Hall–Kier alpha value is -1.29. The van der Waals surface area contributed by atoms with Crippen LogP contribution in [0, 0.1) is 0 Å². The lowest BCUT2D eigenvalue weighted by molar-refractivity contribution is -0.146. The summed E-state index contributed by atoms with van der Waals surface area (Å²) in [4.78, 5) is 41.1. The number of urea groups is 1. The Morgan fingerprint density at radius 1 is 0.818 bits per heavy atom. The zero-order chi connectivity index (χ0) is 7.72. The minimum atomic E-state index is -1.25. The lowest BCUT2D eigenvalue weighted by Gasteiger charge is -2.07. The van der Waals surface area contributed by atoms with Gasteiger partial charge >= 0.3 is 23.6 Å². The highest BCUT2D eigenvalue weighted by Gasteiger charge is 2.31. The Morgan fingerprint density at radius 3 is 1.55 bits per heavy atom. The largest absolute Gasteiger partial charge is 0.328 e. The number of hydrogen-bond acceptors (Lipinski definition) is 4. The average Bonchev–Trinajstić information content (AvgIpc) is 1.82. The SMILES string of the molecule is O=C1NC(=O)C(=O)C(=O)N1.P. The van der Waals surface area contributed by atoms with Gasteiger partial charge in [-0.3, -0.25) is 25.0 Å². The number of barbiturate groups is 1. The van der Waals surface area contributed by atoms with Crippen molar-refractivity contribution in [3.63, 3.8) is 0 Å². The van der Waals surface area contributed by atoms with Gasteiger partial charge in [0, 0.05) is 0 Å². The monoisotopic (exact) mass is 176 g/mol. The molecule has 0 aliphatic carbocycles. The van der Waals surface area contributed by atoms with Gasteiger partial charge in [0.05, 0.1) is 0 Å². The van der Waals surface area contributed by atoms with Crippen LogP contribution in [0.5, 0.6) is 0 Å². The molecule has 0 radical (unpaired) electrons. The molecule has 6 nitrogen and oxygen atoms in total. The van der Waals surface area contributed by atoms with Crippen LogP contribution in [0.3, 0.4) is 0 Å². The number of nitrogens with one attached hydrogen (secondary N) is 2. The van der Waals surface area contributed by atoms with E-state index in [0.29, 0.717) is 0 Å². The van der Waals surface area contributed by atoms with Crippen LogP contribution in [-0.4, -0.2) is 23.6 Å². The zero-order valence-electron chi connectivity index (χ0n) is 5.34. The number of imide groups is 2. The van der Waals surface area contributed by atoms with E-state index in [1.165, 1.54) is 0 Å². The summed E-state index contributed by atoms with van der Waals surface area (Å²) in [6.45, 7) is 0. The molecule has 1 atom stereocenters. The molecule has 2 N–H and O–H groups in total. The lowest BCUT2D eigenvalue weighted by Crippen LogP contribution is -2.56. The van der Waals surface area contributed by atoms with Crippen molar-refractivity contribution in [1.29, 1.82) is 0 Å². The molecule has 11 heavy (non-hydrogen) atoms. The van der Waals surface area contributed by atoms with Gasteiger partial charge in [-0.15, -0.1) is 0 Å². The van der Waals surface area contributed by atoms with E-state index in [4.69, 9.17) is 0 Å². The second kappa shape index (κ2) is 3.21. The Labute approximate surface area is 64.3 Å². The number of rotatable bonds is 0. The van der Waals surface area contributed by atoms with Crippen LogP contribution >= 0.6 is 9.90 Å². The van der Waals surface area contributed by atoms with E-state index >= 15 is 0 Å². The number of Topliss-reactive ketones (excluding diaryl/α,β-unsaturated/α-hetero) is 1. The quantitative estimate of drug-likeness (QED) is 0.329. The zero-order valence-corrected chi connectivity index (χ0v) is 6.75. The maximum atomic E-state index is 10.3. The molecule has 60 valence electrons. The predicted octanol–water partition coefficient (Wildman–Crippen LogP) is -2.02. The topological polar surface area (TPSA) is 92.3 Å². The highest BCUT2D eigenvalue weighted by atomic mass is 31.0. The first-order valence-corrected chi connectivity index (χ1v) is 2.32. The number of carbonyl (C=O) groups is 4. The summed E-state index contributed by atoms with van der Waals surface area (Å²) < 4.78 is 0. The van der Waals surface area contributed by atoms with Gasteiger partial charge in [-0.25, -0.2) is 4.79 Å². The number of hydrogen-bond donors (Lipinski definition) is 2. The van der Waals surface area contributed by atoms with Crippen LogP contribution in [0.15, 0.2) is 0 Å². The van der Waals surface area contributed by atoms with Gasteiger partial charge in [-0.1, -0.05) is 0 Å². The fourth-order valence-corrected chi connectivity index (χ4v) is 0.454. The molecule has 1 aliphatic rings. The first-order chi connectivity index (χ1) is 4.61. The highest BCUT2D eigenvalue weighted by molar-refractivity contribution is 6.92. The minimum absolute atomic E-state index is 0. The third kappa shape index (κ3) is 1.81. The Bertz CT molecular complexity index is 226. The molecule has 0 aromatic rings. The molecular formula is C4H5N2O4P.